The summed E-state index contributed by atoms with van der Waals surface area (Å²) < 4.78 is 10.5. The van der Waals surface area contributed by atoms with Gasteiger partial charge < -0.3 is 15.2 Å². The molecule has 0 fully saturated rings. The number of halogens is 1. The molecule has 0 bridgehead atoms. The molecule has 0 aliphatic carbocycles. The number of ether oxygens (including phenoxy) is 2. The minimum atomic E-state index is -0.210. The second-order valence-electron chi connectivity index (χ2n) is 5.27. The van der Waals surface area contributed by atoms with E-state index in [1.165, 1.54) is 7.11 Å². The highest BCUT2D eigenvalue weighted by Gasteiger charge is 2.07. The Morgan fingerprint density at radius 1 is 1.17 bits per heavy atom. The molecular weight excluding hydrogens is 314 g/mol. The molecule has 2 aromatic rings. The van der Waals surface area contributed by atoms with Crippen molar-refractivity contribution in [3.8, 4) is 11.5 Å². The Morgan fingerprint density at radius 2 is 1.96 bits per heavy atom. The van der Waals surface area contributed by atoms with E-state index >= 15 is 0 Å². The summed E-state index contributed by atoms with van der Waals surface area (Å²) in [6.07, 6.45) is 1.01. The Labute approximate surface area is 141 Å². The molecule has 0 aliphatic heterocycles. The molecule has 4 nitrogen and oxygen atoms in total. The second-order valence-corrected chi connectivity index (χ2v) is 5.70. The van der Waals surface area contributed by atoms with E-state index in [9.17, 15) is 4.79 Å². The largest absolute Gasteiger partial charge is 0.469 e. The zero-order valence-electron chi connectivity index (χ0n) is 13.3. The van der Waals surface area contributed by atoms with Gasteiger partial charge in [-0.15, -0.1) is 0 Å². The molecule has 0 aliphatic rings. The first-order chi connectivity index (χ1) is 11.0. The molecule has 0 heterocycles. The van der Waals surface area contributed by atoms with Crippen LogP contribution in [0.25, 0.3) is 0 Å². The lowest BCUT2D eigenvalue weighted by Gasteiger charge is -2.11. The van der Waals surface area contributed by atoms with E-state index in [0.717, 1.165) is 22.4 Å². The predicted molar refractivity (Wildman–Crippen MR) is 90.9 cm³/mol. The van der Waals surface area contributed by atoms with E-state index in [4.69, 9.17) is 22.1 Å². The molecule has 0 unspecified atom stereocenters. The van der Waals surface area contributed by atoms with Gasteiger partial charge >= 0.3 is 5.97 Å². The number of nitrogens with two attached hydrogens (primary N) is 1. The lowest BCUT2D eigenvalue weighted by Crippen LogP contribution is -2.02. The quantitative estimate of drug-likeness (QED) is 0.811. The molecule has 2 rings (SSSR count). The molecular formula is C18H20ClNO3. The Morgan fingerprint density at radius 3 is 2.61 bits per heavy atom. The average Bonchev–Trinajstić information content (AvgIpc) is 2.53. The van der Waals surface area contributed by atoms with Gasteiger partial charge in [0.25, 0.3) is 0 Å². The zero-order chi connectivity index (χ0) is 16.8. The van der Waals surface area contributed by atoms with Crippen molar-refractivity contribution in [1.29, 1.82) is 0 Å². The van der Waals surface area contributed by atoms with Crippen molar-refractivity contribution in [2.24, 2.45) is 5.73 Å². The number of hydrogen-bond donors (Lipinski definition) is 1. The van der Waals surface area contributed by atoms with Crippen molar-refractivity contribution in [3.63, 3.8) is 0 Å². The van der Waals surface area contributed by atoms with Crippen molar-refractivity contribution in [3.05, 3.63) is 58.1 Å². The van der Waals surface area contributed by atoms with E-state index in [1.54, 1.807) is 6.07 Å². The van der Waals surface area contributed by atoms with Crippen LogP contribution in [0, 0.1) is 6.92 Å². The first-order valence-electron chi connectivity index (χ1n) is 7.35. The molecule has 0 atom stereocenters. The van der Waals surface area contributed by atoms with E-state index in [0.29, 0.717) is 30.2 Å². The van der Waals surface area contributed by atoms with Gasteiger partial charge in [-0.25, -0.2) is 0 Å². The van der Waals surface area contributed by atoms with Gasteiger partial charge in [-0.05, 0) is 60.4 Å². The number of carbonyl (C=O) groups excluding carboxylic acids is 1. The van der Waals surface area contributed by atoms with Gasteiger partial charge in [0.15, 0.2) is 0 Å². The summed E-state index contributed by atoms with van der Waals surface area (Å²) in [5, 5.41) is 0.592. The molecule has 0 aromatic heterocycles. The molecule has 23 heavy (non-hydrogen) atoms. The number of carbonyl (C=O) groups is 1. The topological polar surface area (TPSA) is 61.5 Å². The number of esters is 1. The molecule has 2 N–H and O–H groups in total. The fourth-order valence-electron chi connectivity index (χ4n) is 2.28. The summed E-state index contributed by atoms with van der Waals surface area (Å²) >= 11 is 6.06. The average molecular weight is 334 g/mol. The summed E-state index contributed by atoms with van der Waals surface area (Å²) in [6, 6.07) is 11.2. The maximum absolute atomic E-state index is 11.2. The van der Waals surface area contributed by atoms with Crippen molar-refractivity contribution in [2.45, 2.75) is 26.3 Å². The maximum Gasteiger partial charge on any atom is 0.305 e. The predicted octanol–water partition coefficient (Wildman–Crippen LogP) is 4.01. The number of benzene rings is 2. The Kier molecular flexibility index (Phi) is 6.02. The smallest absolute Gasteiger partial charge is 0.305 e. The highest BCUT2D eigenvalue weighted by Crippen LogP contribution is 2.27. The molecule has 0 spiro atoms. The SMILES string of the molecule is COC(=O)CCc1ccc(Oc2cc(Cl)cc(CN)c2)cc1C. The number of methoxy groups -OCH3 is 1. The molecule has 0 amide bonds. The van der Waals surface area contributed by atoms with Crippen LogP contribution < -0.4 is 10.5 Å². The lowest BCUT2D eigenvalue weighted by atomic mass is 10.0. The summed E-state index contributed by atoms with van der Waals surface area (Å²) in [7, 11) is 1.40. The minimum Gasteiger partial charge on any atom is -0.469 e. The van der Waals surface area contributed by atoms with Crippen molar-refractivity contribution in [2.75, 3.05) is 7.11 Å². The second kappa shape index (κ2) is 7.99. The molecule has 2 aromatic carbocycles. The monoisotopic (exact) mass is 333 g/mol. The van der Waals surface area contributed by atoms with Crippen LogP contribution in [0.1, 0.15) is 23.1 Å². The Balaban J connectivity index is 2.11. The zero-order valence-corrected chi connectivity index (χ0v) is 14.0. The summed E-state index contributed by atoms with van der Waals surface area (Å²) in [5.41, 5.74) is 8.71. The van der Waals surface area contributed by atoms with Crippen LogP contribution in [0.4, 0.5) is 0 Å². The molecule has 5 heteroatoms. The van der Waals surface area contributed by atoms with Crippen LogP contribution in [-0.4, -0.2) is 13.1 Å². The van der Waals surface area contributed by atoms with Gasteiger partial charge in [-0.1, -0.05) is 17.7 Å². The molecule has 122 valence electrons. The van der Waals surface area contributed by atoms with Gasteiger partial charge in [0.05, 0.1) is 7.11 Å². The highest BCUT2D eigenvalue weighted by molar-refractivity contribution is 6.30. The first-order valence-corrected chi connectivity index (χ1v) is 7.73. The molecule has 0 radical (unpaired) electrons. The third-order valence-electron chi connectivity index (χ3n) is 3.54. The van der Waals surface area contributed by atoms with E-state index < -0.39 is 0 Å². The van der Waals surface area contributed by atoms with Crippen molar-refractivity contribution >= 4 is 17.6 Å². The third kappa shape index (κ3) is 4.98. The summed E-state index contributed by atoms with van der Waals surface area (Å²) in [6.45, 7) is 2.39. The van der Waals surface area contributed by atoms with Crippen LogP contribution in [0.2, 0.25) is 5.02 Å². The third-order valence-corrected chi connectivity index (χ3v) is 3.76. The lowest BCUT2D eigenvalue weighted by molar-refractivity contribution is -0.140. The number of aryl methyl sites for hydroxylation is 2. The Bertz CT molecular complexity index is 701. The van der Waals surface area contributed by atoms with Crippen LogP contribution in [0.5, 0.6) is 11.5 Å². The van der Waals surface area contributed by atoms with Crippen molar-refractivity contribution in [1.82, 2.24) is 0 Å². The maximum atomic E-state index is 11.2. The van der Waals surface area contributed by atoms with E-state index in [-0.39, 0.29) is 5.97 Å². The van der Waals surface area contributed by atoms with Gasteiger partial charge in [0.2, 0.25) is 0 Å². The molecule has 0 saturated carbocycles. The number of rotatable bonds is 6. The fraction of sp³-hybridized carbons (Fsp3) is 0.278. The summed E-state index contributed by atoms with van der Waals surface area (Å²) in [4.78, 5) is 11.2. The Hall–Kier alpha value is -2.04. The molecule has 0 saturated heterocycles. The van der Waals surface area contributed by atoms with Gasteiger partial charge in [0.1, 0.15) is 11.5 Å². The van der Waals surface area contributed by atoms with Gasteiger partial charge in [-0.2, -0.15) is 0 Å². The normalized spacial score (nSPS) is 10.4. The minimum absolute atomic E-state index is 0.210. The van der Waals surface area contributed by atoms with Crippen molar-refractivity contribution < 1.29 is 14.3 Å². The van der Waals surface area contributed by atoms with Crippen LogP contribution in [0.3, 0.4) is 0 Å². The van der Waals surface area contributed by atoms with Crippen LogP contribution >= 0.6 is 11.6 Å². The van der Waals surface area contributed by atoms with Crippen LogP contribution in [-0.2, 0) is 22.5 Å². The van der Waals surface area contributed by atoms with Crippen LogP contribution in [0.15, 0.2) is 36.4 Å². The highest BCUT2D eigenvalue weighted by atomic mass is 35.5. The first kappa shape index (κ1) is 17.3. The standard InChI is InChI=1S/C18H20ClNO3/c1-12-7-16(5-3-14(12)4-6-18(21)22-2)23-17-9-13(11-20)8-15(19)10-17/h3,5,7-10H,4,6,11,20H2,1-2H3. The van der Waals surface area contributed by atoms with E-state index in [2.05, 4.69) is 4.74 Å². The van der Waals surface area contributed by atoms with E-state index in [1.807, 2.05) is 37.3 Å². The summed E-state index contributed by atoms with van der Waals surface area (Å²) in [5.74, 6) is 1.16. The number of hydrogen-bond acceptors (Lipinski definition) is 4. The van der Waals surface area contributed by atoms with Gasteiger partial charge in [0, 0.05) is 18.0 Å². The fourth-order valence-corrected chi connectivity index (χ4v) is 2.53. The van der Waals surface area contributed by atoms with Gasteiger partial charge in [-0.3, -0.25) is 4.79 Å².